The fourth-order valence-electron chi connectivity index (χ4n) is 8.33. The van der Waals surface area contributed by atoms with Crippen LogP contribution >= 0.6 is 0 Å². The molecule has 0 N–H and O–H groups in total. The molecule has 2 heteroatoms. The van der Waals surface area contributed by atoms with Gasteiger partial charge in [-0.2, -0.15) is 0 Å². The molecular formula is C54H42N2. The lowest BCUT2D eigenvalue weighted by atomic mass is 9.95. The first-order valence-electron chi connectivity index (χ1n) is 19.8. The predicted octanol–water partition coefficient (Wildman–Crippen LogP) is 15.0. The minimum atomic E-state index is 0.960. The van der Waals surface area contributed by atoms with Crippen LogP contribution in [0.1, 0.15) is 36.0 Å². The van der Waals surface area contributed by atoms with Crippen LogP contribution in [0, 0.1) is 0 Å². The van der Waals surface area contributed by atoms with Gasteiger partial charge in [0, 0.05) is 34.1 Å². The standard InChI is InChI=1S/C54H42N2/c1-5-13-45-35-51(31-23-41(45)9-1)55(52-32-24-42-10-2-6-14-46(42)36-52)49-27-19-39(20-28-49)17-18-40-21-29-50(30-22-40)56(53-33-25-43-11-3-7-15-47(43)37-53)54-34-26-44-12-4-8-16-48(44)38-54/h1-3,5-11,13-21,23-29,31-38H,4,12,22,30H2. The van der Waals surface area contributed by atoms with E-state index in [2.05, 4.69) is 216 Å². The van der Waals surface area contributed by atoms with E-state index in [1.165, 1.54) is 71.7 Å². The van der Waals surface area contributed by atoms with Gasteiger partial charge in [-0.05, 0) is 147 Å². The molecule has 10 rings (SSSR count). The van der Waals surface area contributed by atoms with Gasteiger partial charge in [0.25, 0.3) is 0 Å². The third-order valence-electron chi connectivity index (χ3n) is 11.3. The second-order valence-electron chi connectivity index (χ2n) is 14.9. The molecule has 0 radical (unpaired) electrons. The fourth-order valence-corrected chi connectivity index (χ4v) is 8.33. The number of allylic oxidation sites excluding steroid dienone is 6. The monoisotopic (exact) mass is 718 g/mol. The molecule has 0 unspecified atom stereocenters. The van der Waals surface area contributed by atoms with E-state index in [4.69, 9.17) is 0 Å². The quantitative estimate of drug-likeness (QED) is 0.154. The molecule has 0 aliphatic heterocycles. The van der Waals surface area contributed by atoms with Crippen LogP contribution < -0.4 is 9.80 Å². The Bertz CT molecular complexity index is 2790. The van der Waals surface area contributed by atoms with Crippen molar-refractivity contribution in [3.63, 3.8) is 0 Å². The molecule has 8 aromatic carbocycles. The Kier molecular flexibility index (Phi) is 8.85. The Morgan fingerprint density at radius 3 is 1.48 bits per heavy atom. The van der Waals surface area contributed by atoms with Crippen molar-refractivity contribution in [2.24, 2.45) is 0 Å². The lowest BCUT2D eigenvalue weighted by Crippen LogP contribution is -2.18. The molecule has 0 amide bonds. The zero-order valence-corrected chi connectivity index (χ0v) is 31.4. The summed E-state index contributed by atoms with van der Waals surface area (Å²) in [4.78, 5) is 4.82. The van der Waals surface area contributed by atoms with Crippen LogP contribution in [0.4, 0.5) is 28.4 Å². The number of hydrogen-bond acceptors (Lipinski definition) is 2. The SMILES string of the molecule is C1=Cc2cc(N(C3=CC=C(C=Cc4ccc(N(c5ccc6ccccc6c5)c5ccc6ccccc6c5)cc4)CC3)c3ccc4ccccc4c3)ccc2CC1. The Morgan fingerprint density at radius 1 is 0.393 bits per heavy atom. The number of hydrogen-bond donors (Lipinski definition) is 0. The van der Waals surface area contributed by atoms with Crippen molar-refractivity contribution in [2.45, 2.75) is 25.7 Å². The summed E-state index contributed by atoms with van der Waals surface area (Å²) in [6, 6.07) is 62.1. The lowest BCUT2D eigenvalue weighted by molar-refractivity contribution is 0.891. The molecular weight excluding hydrogens is 677 g/mol. The van der Waals surface area contributed by atoms with Crippen LogP contribution in [0.25, 0.3) is 44.5 Å². The van der Waals surface area contributed by atoms with E-state index in [1.807, 2.05) is 0 Å². The lowest BCUT2D eigenvalue weighted by Gasteiger charge is -2.30. The van der Waals surface area contributed by atoms with Crippen molar-refractivity contribution in [1.82, 2.24) is 0 Å². The number of aryl methyl sites for hydroxylation is 1. The third-order valence-corrected chi connectivity index (χ3v) is 11.3. The maximum atomic E-state index is 2.46. The topological polar surface area (TPSA) is 6.48 Å². The molecule has 268 valence electrons. The smallest absolute Gasteiger partial charge is 0.0468 e. The van der Waals surface area contributed by atoms with Gasteiger partial charge in [0.2, 0.25) is 0 Å². The molecule has 0 bridgehead atoms. The Labute approximate surface area is 329 Å². The van der Waals surface area contributed by atoms with Crippen LogP contribution in [-0.4, -0.2) is 0 Å². The van der Waals surface area contributed by atoms with Crippen LogP contribution in [0.15, 0.2) is 205 Å². The van der Waals surface area contributed by atoms with Gasteiger partial charge in [-0.1, -0.05) is 140 Å². The molecule has 2 aliphatic carbocycles. The highest BCUT2D eigenvalue weighted by molar-refractivity contribution is 5.93. The molecule has 0 saturated heterocycles. The first-order valence-corrected chi connectivity index (χ1v) is 19.8. The van der Waals surface area contributed by atoms with Crippen molar-refractivity contribution in [3.8, 4) is 0 Å². The van der Waals surface area contributed by atoms with Gasteiger partial charge in [-0.25, -0.2) is 0 Å². The van der Waals surface area contributed by atoms with Crippen molar-refractivity contribution in [3.05, 3.63) is 222 Å². The van der Waals surface area contributed by atoms with E-state index in [9.17, 15) is 0 Å². The van der Waals surface area contributed by atoms with E-state index >= 15 is 0 Å². The van der Waals surface area contributed by atoms with Gasteiger partial charge in [0.05, 0.1) is 0 Å². The van der Waals surface area contributed by atoms with Gasteiger partial charge >= 0.3 is 0 Å². The molecule has 56 heavy (non-hydrogen) atoms. The third kappa shape index (κ3) is 6.71. The van der Waals surface area contributed by atoms with Crippen LogP contribution in [-0.2, 0) is 6.42 Å². The maximum Gasteiger partial charge on any atom is 0.0468 e. The molecule has 2 aliphatic rings. The summed E-state index contributed by atoms with van der Waals surface area (Å²) in [5, 5.41) is 7.46. The van der Waals surface area contributed by atoms with Gasteiger partial charge in [-0.3, -0.25) is 0 Å². The Morgan fingerprint density at radius 2 is 0.911 bits per heavy atom. The van der Waals surface area contributed by atoms with Gasteiger partial charge in [0.1, 0.15) is 0 Å². The first kappa shape index (κ1) is 33.7. The molecule has 0 atom stereocenters. The highest BCUT2D eigenvalue weighted by Gasteiger charge is 2.19. The largest absolute Gasteiger partial charge is 0.314 e. The van der Waals surface area contributed by atoms with Crippen molar-refractivity contribution in [2.75, 3.05) is 9.80 Å². The van der Waals surface area contributed by atoms with Crippen LogP contribution in [0.2, 0.25) is 0 Å². The van der Waals surface area contributed by atoms with E-state index in [-0.39, 0.29) is 0 Å². The average molecular weight is 719 g/mol. The zero-order chi connectivity index (χ0) is 37.3. The normalized spacial score (nSPS) is 13.9. The number of benzene rings is 8. The molecule has 2 nitrogen and oxygen atoms in total. The molecule has 8 aromatic rings. The van der Waals surface area contributed by atoms with Gasteiger partial charge in [-0.15, -0.1) is 0 Å². The molecule has 0 spiro atoms. The summed E-state index contributed by atoms with van der Waals surface area (Å²) in [5.41, 5.74) is 12.4. The highest BCUT2D eigenvalue weighted by Crippen LogP contribution is 2.39. The number of rotatable bonds is 8. The molecule has 0 saturated carbocycles. The van der Waals surface area contributed by atoms with Crippen molar-refractivity contribution < 1.29 is 0 Å². The van der Waals surface area contributed by atoms with E-state index in [1.54, 1.807) is 0 Å². The first-order chi connectivity index (χ1) is 27.7. The van der Waals surface area contributed by atoms with Gasteiger partial charge < -0.3 is 9.80 Å². The zero-order valence-electron chi connectivity index (χ0n) is 31.4. The summed E-state index contributed by atoms with van der Waals surface area (Å²) in [7, 11) is 0. The number of fused-ring (bicyclic) bond motifs is 4. The van der Waals surface area contributed by atoms with Gasteiger partial charge in [0.15, 0.2) is 0 Å². The minimum Gasteiger partial charge on any atom is -0.314 e. The predicted molar refractivity (Wildman–Crippen MR) is 240 cm³/mol. The van der Waals surface area contributed by atoms with E-state index < -0.39 is 0 Å². The average Bonchev–Trinajstić information content (AvgIpc) is 3.26. The van der Waals surface area contributed by atoms with E-state index in [0.717, 1.165) is 42.7 Å². The summed E-state index contributed by atoms with van der Waals surface area (Å²) >= 11 is 0. The van der Waals surface area contributed by atoms with Crippen molar-refractivity contribution >= 4 is 72.9 Å². The number of anilines is 5. The second-order valence-corrected chi connectivity index (χ2v) is 14.9. The summed E-state index contributed by atoms with van der Waals surface area (Å²) in [6.07, 6.45) is 17.9. The molecule has 0 heterocycles. The fraction of sp³-hybridized carbons (Fsp3) is 0.0741. The molecule has 0 fully saturated rings. The summed E-state index contributed by atoms with van der Waals surface area (Å²) in [5.74, 6) is 0. The number of nitrogens with zero attached hydrogens (tertiary/aromatic N) is 2. The Hall–Kier alpha value is -6.90. The minimum absolute atomic E-state index is 0.960. The van der Waals surface area contributed by atoms with Crippen LogP contribution in [0.5, 0.6) is 0 Å². The highest BCUT2D eigenvalue weighted by atomic mass is 15.2. The second kappa shape index (κ2) is 14.7. The summed E-state index contributed by atoms with van der Waals surface area (Å²) < 4.78 is 0. The van der Waals surface area contributed by atoms with Crippen molar-refractivity contribution in [1.29, 1.82) is 0 Å². The van der Waals surface area contributed by atoms with E-state index in [0.29, 0.717) is 0 Å². The maximum absolute atomic E-state index is 2.46. The molecule has 0 aromatic heterocycles. The van der Waals surface area contributed by atoms with Crippen LogP contribution in [0.3, 0.4) is 0 Å². The summed E-state index contributed by atoms with van der Waals surface area (Å²) in [6.45, 7) is 0. The Balaban J connectivity index is 0.943.